The summed E-state index contributed by atoms with van der Waals surface area (Å²) in [6.45, 7) is 6.77. The number of rotatable bonds is 0. The Morgan fingerprint density at radius 1 is 1.10 bits per heavy atom. The zero-order chi connectivity index (χ0) is 22.7. The molecule has 6 rings (SSSR count). The van der Waals surface area contributed by atoms with Crippen LogP contribution in [0.3, 0.4) is 0 Å². The molecule has 0 aromatic heterocycles. The van der Waals surface area contributed by atoms with Crippen molar-refractivity contribution in [1.82, 2.24) is 0 Å². The molecule has 0 aromatic carbocycles. The predicted molar refractivity (Wildman–Crippen MR) is 92.0 cm³/mol. The molecule has 30 heavy (non-hydrogen) atoms. The predicted octanol–water partition coefficient (Wildman–Crippen LogP) is -1.37. The van der Waals surface area contributed by atoms with Crippen LogP contribution in [-0.4, -0.2) is 75.1 Å². The lowest BCUT2D eigenvalue weighted by molar-refractivity contribution is -0.239. The van der Waals surface area contributed by atoms with Gasteiger partial charge in [0.1, 0.15) is 12.2 Å². The van der Waals surface area contributed by atoms with Crippen molar-refractivity contribution in [2.75, 3.05) is 0 Å². The molecule has 2 aliphatic carbocycles. The van der Waals surface area contributed by atoms with E-state index in [1.54, 1.807) is 20.8 Å². The van der Waals surface area contributed by atoms with Crippen LogP contribution in [-0.2, 0) is 33.3 Å². The topological polar surface area (TPSA) is 149 Å². The molecular formula is C20H24O10. The maximum Gasteiger partial charge on any atom is 0.343 e. The molecule has 4 saturated heterocycles. The lowest BCUT2D eigenvalue weighted by Crippen LogP contribution is -2.67. The van der Waals surface area contributed by atoms with Gasteiger partial charge in [0.25, 0.3) is 0 Å². The molecule has 2 spiro atoms. The third-order valence-corrected chi connectivity index (χ3v) is 8.66. The number of hydrogen-bond donors (Lipinski definition) is 3. The van der Waals surface area contributed by atoms with Gasteiger partial charge in [-0.25, -0.2) is 9.59 Å². The molecule has 6 fully saturated rings. The number of carbonyl (C=O) groups excluding carboxylic acids is 3. The van der Waals surface area contributed by atoms with E-state index in [0.717, 1.165) is 0 Å². The van der Waals surface area contributed by atoms with Crippen LogP contribution in [0.2, 0.25) is 0 Å². The van der Waals surface area contributed by atoms with E-state index in [0.29, 0.717) is 0 Å². The van der Waals surface area contributed by atoms with E-state index < -0.39 is 94.3 Å². The Labute approximate surface area is 172 Å². The summed E-state index contributed by atoms with van der Waals surface area (Å²) in [7, 11) is 0. The van der Waals surface area contributed by atoms with Crippen LogP contribution in [0, 0.1) is 28.1 Å². The summed E-state index contributed by atoms with van der Waals surface area (Å²) < 4.78 is 31.3. The normalized spacial score (nSPS) is 63.0. The van der Waals surface area contributed by atoms with Crippen molar-refractivity contribution in [3.63, 3.8) is 0 Å². The molecule has 6 aliphatic rings. The van der Waals surface area contributed by atoms with Crippen molar-refractivity contribution in [2.24, 2.45) is 28.1 Å². The molecule has 164 valence electrons. The van der Waals surface area contributed by atoms with Crippen molar-refractivity contribution in [3.8, 4) is 0 Å². The largest absolute Gasteiger partial charge is 0.459 e. The highest BCUT2D eigenvalue weighted by Crippen LogP contribution is 2.84. The van der Waals surface area contributed by atoms with Gasteiger partial charge in [0.2, 0.25) is 11.9 Å². The van der Waals surface area contributed by atoms with E-state index in [4.69, 9.17) is 20.3 Å². The number of carbonyl (C=O) groups is 3. The van der Waals surface area contributed by atoms with E-state index in [9.17, 15) is 29.7 Å². The summed E-state index contributed by atoms with van der Waals surface area (Å²) in [4.78, 5) is 38.4. The van der Waals surface area contributed by atoms with Gasteiger partial charge in [-0.1, -0.05) is 20.8 Å². The Morgan fingerprint density at radius 2 is 1.77 bits per heavy atom. The van der Waals surface area contributed by atoms with Gasteiger partial charge in [0.15, 0.2) is 17.8 Å². The van der Waals surface area contributed by atoms with Gasteiger partial charge in [0, 0.05) is 1.37 Å². The Bertz CT molecular complexity index is 962. The Balaban J connectivity index is 1.75. The Morgan fingerprint density at radius 3 is 2.40 bits per heavy atom. The Hall–Kier alpha value is -1.75. The lowest BCUT2D eigenvalue weighted by atomic mass is 9.51. The first-order valence-electron chi connectivity index (χ1n) is 10.7. The number of esters is 3. The smallest absolute Gasteiger partial charge is 0.343 e. The molecule has 4 heterocycles. The standard InChI is InChI=1S/C20H24O10/c1-6-12(23)28-11-9(21)18-8-5-7(16(2,3)4)17(18)10(22)13(24)29-15(17)30-20(18,14(25)27-8)19(6,11)26/h6-11,15,21-22,26H,5H2,1-4H3/t6-,7+,8?,9+,10+,11+,15?,17?,18?,19-,20+/m1/s1/i5T/t5-,6-,7+,8?,9+,10+,11+,15?,17?,18?,19-,20+. The molecule has 10 heteroatoms. The fourth-order valence-corrected chi connectivity index (χ4v) is 7.77. The van der Waals surface area contributed by atoms with Crippen molar-refractivity contribution in [1.29, 1.82) is 0 Å². The summed E-state index contributed by atoms with van der Waals surface area (Å²) in [5.74, 6) is -5.01. The third kappa shape index (κ3) is 1.33. The van der Waals surface area contributed by atoms with Crippen LogP contribution >= 0.6 is 0 Å². The second-order valence-corrected chi connectivity index (χ2v) is 10.5. The first-order valence-corrected chi connectivity index (χ1v) is 10.1. The SMILES string of the molecule is [3H][C@H]1C2OC(=O)[C@]34OC5OC(=O)[C@H](O)C5([C@@H]1C(C)(C)C)C23[C@@H](O)[C@@H]1OC(=O)[C@@H](C)[C@@]14O. The van der Waals surface area contributed by atoms with Gasteiger partial charge in [-0.05, 0) is 24.7 Å². The zero-order valence-corrected chi connectivity index (χ0v) is 16.8. The fourth-order valence-electron chi connectivity index (χ4n) is 7.77. The average Bonchev–Trinajstić information content (AvgIpc) is 3.35. The number of ether oxygens (including phenoxy) is 4. The van der Waals surface area contributed by atoms with Crippen molar-refractivity contribution >= 4 is 17.9 Å². The van der Waals surface area contributed by atoms with Crippen molar-refractivity contribution in [3.05, 3.63) is 0 Å². The van der Waals surface area contributed by atoms with Crippen LogP contribution in [0.25, 0.3) is 0 Å². The minimum atomic E-state index is -2.36. The minimum Gasteiger partial charge on any atom is -0.459 e. The molecule has 2 saturated carbocycles. The summed E-state index contributed by atoms with van der Waals surface area (Å²) in [5.41, 5.74) is -9.15. The highest BCUT2D eigenvalue weighted by Gasteiger charge is 3.03. The number of aliphatic hydroxyl groups is 3. The first kappa shape index (κ1) is 17.9. The molecule has 0 bridgehead atoms. The van der Waals surface area contributed by atoms with Gasteiger partial charge >= 0.3 is 17.9 Å². The molecule has 0 radical (unpaired) electrons. The van der Waals surface area contributed by atoms with E-state index in [1.807, 2.05) is 0 Å². The van der Waals surface area contributed by atoms with Gasteiger partial charge in [-0.2, -0.15) is 0 Å². The highest BCUT2D eigenvalue weighted by atomic mass is 16.8. The molecule has 12 atom stereocenters. The fraction of sp³-hybridized carbons (Fsp3) is 0.850. The van der Waals surface area contributed by atoms with E-state index >= 15 is 0 Å². The molecule has 10 nitrogen and oxygen atoms in total. The van der Waals surface area contributed by atoms with Crippen LogP contribution in [0.5, 0.6) is 0 Å². The second-order valence-electron chi connectivity index (χ2n) is 10.5. The molecule has 0 aromatic rings. The average molecular weight is 426 g/mol. The lowest BCUT2D eigenvalue weighted by Gasteiger charge is -2.47. The summed E-state index contributed by atoms with van der Waals surface area (Å²) >= 11 is 0. The van der Waals surface area contributed by atoms with Crippen LogP contribution < -0.4 is 0 Å². The monoisotopic (exact) mass is 426 g/mol. The third-order valence-electron chi connectivity index (χ3n) is 8.66. The van der Waals surface area contributed by atoms with Crippen molar-refractivity contribution < 1.29 is 50.0 Å². The van der Waals surface area contributed by atoms with E-state index in [1.165, 1.54) is 6.92 Å². The number of aliphatic hydroxyl groups excluding tert-OH is 2. The molecule has 0 amide bonds. The van der Waals surface area contributed by atoms with E-state index in [2.05, 4.69) is 0 Å². The molecular weight excluding hydrogens is 400 g/mol. The summed E-state index contributed by atoms with van der Waals surface area (Å²) in [5, 5.41) is 34.8. The summed E-state index contributed by atoms with van der Waals surface area (Å²) in [6, 6.07) is 0. The Kier molecular flexibility index (Phi) is 2.80. The molecule has 4 unspecified atom stereocenters. The highest BCUT2D eigenvalue weighted by molar-refractivity contribution is 5.94. The first-order chi connectivity index (χ1) is 14.3. The van der Waals surface area contributed by atoms with Crippen LogP contribution in [0.1, 0.15) is 35.5 Å². The van der Waals surface area contributed by atoms with Gasteiger partial charge in [-0.15, -0.1) is 0 Å². The number of fused-ring (bicyclic) bond motifs is 1. The summed E-state index contributed by atoms with van der Waals surface area (Å²) in [6.07, 6.45) is -9.18. The van der Waals surface area contributed by atoms with Crippen molar-refractivity contribution in [2.45, 2.75) is 76.0 Å². The zero-order valence-electron chi connectivity index (χ0n) is 17.8. The number of hydrogen-bond acceptors (Lipinski definition) is 10. The maximum atomic E-state index is 13.4. The van der Waals surface area contributed by atoms with Crippen LogP contribution in [0.4, 0.5) is 0 Å². The van der Waals surface area contributed by atoms with Gasteiger partial charge in [0.05, 0.1) is 16.7 Å². The van der Waals surface area contributed by atoms with Crippen LogP contribution in [0.15, 0.2) is 0 Å². The minimum absolute atomic E-state index is 0.729. The van der Waals surface area contributed by atoms with E-state index in [-0.39, 0.29) is 0 Å². The van der Waals surface area contributed by atoms with Gasteiger partial charge < -0.3 is 34.3 Å². The van der Waals surface area contributed by atoms with Gasteiger partial charge in [-0.3, -0.25) is 4.79 Å². The quantitative estimate of drug-likeness (QED) is 0.313. The molecule has 4 aliphatic heterocycles. The maximum absolute atomic E-state index is 13.4. The second kappa shape index (κ2) is 4.69. The molecule has 3 N–H and O–H groups in total.